The van der Waals surface area contributed by atoms with Gasteiger partial charge in [-0.1, -0.05) is 116 Å². The average Bonchev–Trinajstić information content (AvgIpc) is 3.25. The third-order valence-electron chi connectivity index (χ3n) is 7.74. The third kappa shape index (κ3) is 2.90. The van der Waals surface area contributed by atoms with E-state index in [9.17, 15) is 0 Å². The molecule has 0 aliphatic rings. The first kappa shape index (κ1) is 21.0. The van der Waals surface area contributed by atoms with Gasteiger partial charge in [0.05, 0.1) is 16.9 Å². The highest BCUT2D eigenvalue weighted by molar-refractivity contribution is 6.27. The van der Waals surface area contributed by atoms with E-state index in [1.807, 2.05) is 0 Å². The van der Waals surface area contributed by atoms with Crippen molar-refractivity contribution >= 4 is 43.2 Å². The number of nitrogens with zero attached hydrogens (tertiary/aromatic N) is 1. The molecule has 0 aliphatic carbocycles. The lowest BCUT2D eigenvalue weighted by Crippen LogP contribution is -2.01. The van der Waals surface area contributed by atoms with E-state index in [-0.39, 0.29) is 0 Å². The number of benzene rings is 6. The number of hydrogen-bond donors (Lipinski definition) is 0. The second kappa shape index (κ2) is 8.10. The van der Waals surface area contributed by atoms with Gasteiger partial charge in [0.1, 0.15) is 0 Å². The van der Waals surface area contributed by atoms with Crippen LogP contribution in [0.5, 0.6) is 0 Å². The zero-order valence-electron chi connectivity index (χ0n) is 20.6. The summed E-state index contributed by atoms with van der Waals surface area (Å²) in [6.45, 7) is 4.57. The maximum absolute atomic E-state index is 2.55. The van der Waals surface area contributed by atoms with Crippen LogP contribution in [0, 0.1) is 6.92 Å². The third-order valence-corrected chi connectivity index (χ3v) is 7.74. The molecule has 0 radical (unpaired) electrons. The van der Waals surface area contributed by atoms with Crippen LogP contribution >= 0.6 is 0 Å². The summed E-state index contributed by atoms with van der Waals surface area (Å²) in [4.78, 5) is 0. The lowest BCUT2D eigenvalue weighted by Gasteiger charge is -2.17. The first-order valence-corrected chi connectivity index (χ1v) is 12.8. The minimum atomic E-state index is 0.994. The van der Waals surface area contributed by atoms with Gasteiger partial charge in [0.25, 0.3) is 0 Å². The van der Waals surface area contributed by atoms with Gasteiger partial charge in [-0.2, -0.15) is 0 Å². The Hall–Kier alpha value is -4.36. The van der Waals surface area contributed by atoms with Crippen LogP contribution in [0.3, 0.4) is 0 Å². The normalized spacial score (nSPS) is 11.7. The largest absolute Gasteiger partial charge is 0.308 e. The Labute approximate surface area is 211 Å². The summed E-state index contributed by atoms with van der Waals surface area (Å²) in [7, 11) is 0. The van der Waals surface area contributed by atoms with E-state index in [4.69, 9.17) is 0 Å². The van der Waals surface area contributed by atoms with Crippen molar-refractivity contribution in [2.24, 2.45) is 0 Å². The molecule has 0 fully saturated rings. The molecule has 0 unspecified atom stereocenters. The summed E-state index contributed by atoms with van der Waals surface area (Å²) in [6, 6.07) is 42.1. The van der Waals surface area contributed by atoms with Crippen LogP contribution in [0.25, 0.3) is 60.2 Å². The molecule has 36 heavy (non-hydrogen) atoms. The van der Waals surface area contributed by atoms with Crippen molar-refractivity contribution in [3.8, 4) is 16.9 Å². The predicted octanol–water partition coefficient (Wildman–Crippen LogP) is 9.63. The van der Waals surface area contributed by atoms with Crippen molar-refractivity contribution in [3.63, 3.8) is 0 Å². The summed E-state index contributed by atoms with van der Waals surface area (Å²) in [5.74, 6) is 0. The summed E-state index contributed by atoms with van der Waals surface area (Å²) < 4.78 is 2.55. The number of hydrogen-bond acceptors (Lipinski definition) is 0. The van der Waals surface area contributed by atoms with Crippen molar-refractivity contribution in [2.45, 2.75) is 20.3 Å². The van der Waals surface area contributed by atoms with E-state index < -0.39 is 0 Å². The Kier molecular flexibility index (Phi) is 4.72. The molecule has 7 aromatic rings. The van der Waals surface area contributed by atoms with Crippen LogP contribution in [0.1, 0.15) is 18.1 Å². The number of fused-ring (bicyclic) bond motifs is 7. The molecule has 7 rings (SSSR count). The van der Waals surface area contributed by atoms with E-state index in [1.54, 1.807) is 0 Å². The number of aryl methyl sites for hydroxylation is 2. The standard InChI is InChI=1S/C35H27N/c1-3-24-13-4-7-17-27(24)34-23(2)33-30-20-10-8-18-28(30)29-19-9-11-21-31(29)35(33)36(34)32-22-12-15-25-14-5-6-16-26(25)32/h4-22H,3H2,1-2H3. The molecule has 0 amide bonds. The Balaban J connectivity index is 1.80. The van der Waals surface area contributed by atoms with Gasteiger partial charge in [0.2, 0.25) is 0 Å². The molecular formula is C35H27N. The predicted molar refractivity (Wildman–Crippen MR) is 155 cm³/mol. The highest BCUT2D eigenvalue weighted by atomic mass is 15.0. The second-order valence-electron chi connectivity index (χ2n) is 9.63. The smallest absolute Gasteiger partial charge is 0.0622 e. The Morgan fingerprint density at radius 3 is 1.92 bits per heavy atom. The maximum atomic E-state index is 2.55. The highest BCUT2D eigenvalue weighted by Gasteiger charge is 2.23. The molecule has 0 aliphatic heterocycles. The molecule has 0 N–H and O–H groups in total. The molecule has 6 aromatic carbocycles. The fourth-order valence-electron chi connectivity index (χ4n) is 6.16. The van der Waals surface area contributed by atoms with E-state index in [0.29, 0.717) is 0 Å². The first-order valence-electron chi connectivity index (χ1n) is 12.8. The average molecular weight is 462 g/mol. The van der Waals surface area contributed by atoms with Crippen molar-refractivity contribution in [3.05, 3.63) is 126 Å². The molecule has 1 aromatic heterocycles. The minimum absolute atomic E-state index is 0.994. The lowest BCUT2D eigenvalue weighted by molar-refractivity contribution is 1.10. The SMILES string of the molecule is CCc1ccccc1-c1c(C)c2c3ccccc3c3ccccc3c2n1-c1cccc2ccccc12. The molecule has 1 heteroatoms. The lowest BCUT2D eigenvalue weighted by atomic mass is 9.95. The van der Waals surface area contributed by atoms with Crippen LogP contribution in [0.15, 0.2) is 115 Å². The molecular weight excluding hydrogens is 434 g/mol. The maximum Gasteiger partial charge on any atom is 0.0622 e. The van der Waals surface area contributed by atoms with E-state index >= 15 is 0 Å². The van der Waals surface area contributed by atoms with Crippen LogP contribution in [-0.4, -0.2) is 4.57 Å². The van der Waals surface area contributed by atoms with Crippen molar-refractivity contribution in [1.82, 2.24) is 4.57 Å². The van der Waals surface area contributed by atoms with Crippen LogP contribution in [0.2, 0.25) is 0 Å². The van der Waals surface area contributed by atoms with Gasteiger partial charge in [0, 0.05) is 21.7 Å². The molecule has 0 atom stereocenters. The highest BCUT2D eigenvalue weighted by Crippen LogP contribution is 2.45. The molecule has 172 valence electrons. The first-order chi connectivity index (χ1) is 17.8. The van der Waals surface area contributed by atoms with Gasteiger partial charge >= 0.3 is 0 Å². The summed E-state index contributed by atoms with van der Waals surface area (Å²) in [5, 5.41) is 9.10. The molecule has 1 heterocycles. The van der Waals surface area contributed by atoms with Gasteiger partial charge in [-0.25, -0.2) is 0 Å². The van der Waals surface area contributed by atoms with Gasteiger partial charge in [-0.3, -0.25) is 0 Å². The summed E-state index contributed by atoms with van der Waals surface area (Å²) >= 11 is 0. The van der Waals surface area contributed by atoms with E-state index in [0.717, 1.165) is 6.42 Å². The minimum Gasteiger partial charge on any atom is -0.308 e. The number of rotatable bonds is 3. The van der Waals surface area contributed by atoms with Gasteiger partial charge < -0.3 is 4.57 Å². The summed E-state index contributed by atoms with van der Waals surface area (Å²) in [5.41, 5.74) is 7.83. The molecule has 0 bridgehead atoms. The van der Waals surface area contributed by atoms with Crippen molar-refractivity contribution in [1.29, 1.82) is 0 Å². The Morgan fingerprint density at radius 2 is 1.14 bits per heavy atom. The van der Waals surface area contributed by atoms with Crippen LogP contribution < -0.4 is 0 Å². The molecule has 1 nitrogen and oxygen atoms in total. The van der Waals surface area contributed by atoms with Crippen molar-refractivity contribution < 1.29 is 0 Å². The fourth-order valence-corrected chi connectivity index (χ4v) is 6.16. The number of aromatic nitrogens is 1. The quantitative estimate of drug-likeness (QED) is 0.231. The van der Waals surface area contributed by atoms with Crippen molar-refractivity contribution in [2.75, 3.05) is 0 Å². The Morgan fingerprint density at radius 1 is 0.556 bits per heavy atom. The second-order valence-corrected chi connectivity index (χ2v) is 9.63. The zero-order valence-corrected chi connectivity index (χ0v) is 20.6. The Bertz CT molecular complexity index is 1930. The molecule has 0 spiro atoms. The molecule has 0 saturated carbocycles. The van der Waals surface area contributed by atoms with Gasteiger partial charge in [0.15, 0.2) is 0 Å². The van der Waals surface area contributed by atoms with Gasteiger partial charge in [-0.15, -0.1) is 0 Å². The van der Waals surface area contributed by atoms with Gasteiger partial charge in [-0.05, 0) is 52.1 Å². The summed E-state index contributed by atoms with van der Waals surface area (Å²) in [6.07, 6.45) is 0.994. The van der Waals surface area contributed by atoms with E-state index in [2.05, 4.69) is 134 Å². The zero-order chi connectivity index (χ0) is 24.2. The fraction of sp³-hybridized carbons (Fsp3) is 0.0857. The monoisotopic (exact) mass is 461 g/mol. The topological polar surface area (TPSA) is 4.93 Å². The van der Waals surface area contributed by atoms with E-state index in [1.165, 1.54) is 71.3 Å². The van der Waals surface area contributed by atoms with Crippen LogP contribution in [0.4, 0.5) is 0 Å². The molecule has 0 saturated heterocycles. The van der Waals surface area contributed by atoms with Crippen LogP contribution in [-0.2, 0) is 6.42 Å².